The molecule has 56 valence electrons. The Labute approximate surface area is 58.3 Å². The van der Waals surface area contributed by atoms with E-state index in [1.165, 1.54) is 0 Å². The fraction of sp³-hybridized carbons (Fsp3) is 0.333. The summed E-state index contributed by atoms with van der Waals surface area (Å²) in [5, 5.41) is 6.77. The van der Waals surface area contributed by atoms with Crippen molar-refractivity contribution in [3.63, 3.8) is 0 Å². The monoisotopic (exact) mass is 163 g/mol. The van der Waals surface area contributed by atoms with Crippen molar-refractivity contribution in [3.8, 4) is 0 Å². The molecular weight excluding hydrogens is 158 g/mol. The van der Waals surface area contributed by atoms with Crippen molar-refractivity contribution in [1.82, 2.24) is 10.2 Å². The van der Waals surface area contributed by atoms with Crippen LogP contribution < -0.4 is 4.72 Å². The Kier molecular flexibility index (Phi) is 1.86. The summed E-state index contributed by atoms with van der Waals surface area (Å²) in [6, 6.07) is -0.103. The minimum atomic E-state index is -2.71. The summed E-state index contributed by atoms with van der Waals surface area (Å²) in [4.78, 5) is 0. The van der Waals surface area contributed by atoms with Crippen LogP contribution in [0.5, 0.6) is 0 Å². The van der Waals surface area contributed by atoms with E-state index in [1.807, 2.05) is 4.72 Å². The summed E-state index contributed by atoms with van der Waals surface area (Å²) < 4.78 is 26.6. The lowest BCUT2D eigenvalue weighted by Crippen LogP contribution is -1.94. The minimum absolute atomic E-state index is 0.103. The second-order valence-corrected chi connectivity index (χ2v) is 2.23. The summed E-state index contributed by atoms with van der Waals surface area (Å²) in [5.41, 5.74) is 0. The molecule has 7 heteroatoms. The SMILES string of the molecule is Cc1nnc(N[SH](=O)=O)o1. The van der Waals surface area contributed by atoms with E-state index in [0.29, 0.717) is 5.89 Å². The van der Waals surface area contributed by atoms with Gasteiger partial charge in [0.05, 0.1) is 0 Å². The first kappa shape index (κ1) is 7.00. The van der Waals surface area contributed by atoms with Crippen LogP contribution in [0.25, 0.3) is 0 Å². The molecule has 6 nitrogen and oxygen atoms in total. The summed E-state index contributed by atoms with van der Waals surface area (Å²) in [5.74, 6) is 0.319. The number of aromatic nitrogens is 2. The fourth-order valence-electron chi connectivity index (χ4n) is 0.420. The van der Waals surface area contributed by atoms with Crippen LogP contribution in [0.2, 0.25) is 0 Å². The van der Waals surface area contributed by atoms with Gasteiger partial charge in [0.2, 0.25) is 16.8 Å². The summed E-state index contributed by atoms with van der Waals surface area (Å²) >= 11 is 0. The highest BCUT2D eigenvalue weighted by Crippen LogP contribution is 2.01. The van der Waals surface area contributed by atoms with Gasteiger partial charge in [0, 0.05) is 6.92 Å². The molecule has 1 heterocycles. The van der Waals surface area contributed by atoms with Gasteiger partial charge in [0.25, 0.3) is 0 Å². The van der Waals surface area contributed by atoms with Crippen LogP contribution in [-0.4, -0.2) is 18.6 Å². The van der Waals surface area contributed by atoms with Crippen molar-refractivity contribution in [3.05, 3.63) is 5.89 Å². The molecule has 1 aromatic rings. The first-order valence-electron chi connectivity index (χ1n) is 2.39. The standard InChI is InChI=1S/C3H5N3O3S/c1-2-4-5-3(9-2)6-10(7)8/h10H,1H3,(H,5,6,7,8). The zero-order valence-electron chi connectivity index (χ0n) is 5.07. The Morgan fingerprint density at radius 1 is 1.50 bits per heavy atom. The fourth-order valence-corrected chi connectivity index (χ4v) is 0.666. The van der Waals surface area contributed by atoms with Gasteiger partial charge >= 0.3 is 6.01 Å². The maximum atomic E-state index is 9.98. The third-order valence-corrected chi connectivity index (χ3v) is 1.09. The number of hydrogen-bond donors (Lipinski definition) is 2. The number of aryl methyl sites for hydroxylation is 1. The van der Waals surface area contributed by atoms with Crippen molar-refractivity contribution in [1.29, 1.82) is 0 Å². The van der Waals surface area contributed by atoms with Crippen LogP contribution in [-0.2, 0) is 10.9 Å². The first-order valence-corrected chi connectivity index (χ1v) is 3.57. The topological polar surface area (TPSA) is 85.1 Å². The lowest BCUT2D eigenvalue weighted by molar-refractivity contribution is 0.535. The molecule has 0 radical (unpaired) electrons. The van der Waals surface area contributed by atoms with E-state index >= 15 is 0 Å². The molecule has 0 aliphatic rings. The Morgan fingerprint density at radius 3 is 2.60 bits per heavy atom. The highest BCUT2D eigenvalue weighted by Gasteiger charge is 1.99. The van der Waals surface area contributed by atoms with Crippen LogP contribution >= 0.6 is 0 Å². The maximum absolute atomic E-state index is 9.98. The number of nitrogens with one attached hydrogen (secondary N) is 1. The van der Waals surface area contributed by atoms with E-state index in [1.54, 1.807) is 6.92 Å². The molecule has 1 aromatic heterocycles. The van der Waals surface area contributed by atoms with E-state index in [4.69, 9.17) is 0 Å². The number of hydrogen-bond acceptors (Lipinski definition) is 5. The second-order valence-electron chi connectivity index (χ2n) is 1.50. The number of thiol groups is 1. The molecule has 0 aromatic carbocycles. The van der Waals surface area contributed by atoms with Crippen molar-refractivity contribution in [2.45, 2.75) is 6.92 Å². The van der Waals surface area contributed by atoms with Gasteiger partial charge in [-0.15, -0.1) is 5.10 Å². The molecule has 0 atom stereocenters. The second kappa shape index (κ2) is 2.65. The maximum Gasteiger partial charge on any atom is 0.329 e. The lowest BCUT2D eigenvalue weighted by Gasteiger charge is -1.83. The Bertz CT molecular complexity index is 283. The molecule has 0 spiro atoms. The largest absolute Gasteiger partial charge is 0.408 e. The summed E-state index contributed by atoms with van der Waals surface area (Å²) in [7, 11) is -2.71. The van der Waals surface area contributed by atoms with Gasteiger partial charge < -0.3 is 4.42 Å². The lowest BCUT2D eigenvalue weighted by atomic mass is 10.8. The molecule has 0 aliphatic heterocycles. The predicted octanol–water partition coefficient (Wildman–Crippen LogP) is -0.684. The third-order valence-electron chi connectivity index (χ3n) is 0.713. The molecule has 0 saturated heterocycles. The van der Waals surface area contributed by atoms with Crippen molar-refractivity contribution in [2.75, 3.05) is 4.72 Å². The molecule has 0 amide bonds. The summed E-state index contributed by atoms with van der Waals surface area (Å²) in [6.45, 7) is 1.57. The van der Waals surface area contributed by atoms with Gasteiger partial charge in [-0.05, 0) is 0 Å². The van der Waals surface area contributed by atoms with Crippen LogP contribution in [0, 0.1) is 6.92 Å². The molecular formula is C3H5N3O3S. The third kappa shape index (κ3) is 1.69. The number of nitrogens with zero attached hydrogens (tertiary/aromatic N) is 2. The Morgan fingerprint density at radius 2 is 2.20 bits per heavy atom. The average molecular weight is 163 g/mol. The van der Waals surface area contributed by atoms with E-state index in [0.717, 1.165) is 0 Å². The quantitative estimate of drug-likeness (QED) is 0.564. The molecule has 0 fully saturated rings. The van der Waals surface area contributed by atoms with E-state index < -0.39 is 10.9 Å². The Hall–Kier alpha value is -1.11. The minimum Gasteiger partial charge on any atom is -0.408 e. The van der Waals surface area contributed by atoms with Crippen LogP contribution in [0.3, 0.4) is 0 Å². The molecule has 0 aliphatic carbocycles. The molecule has 0 bridgehead atoms. The zero-order chi connectivity index (χ0) is 7.56. The smallest absolute Gasteiger partial charge is 0.329 e. The van der Waals surface area contributed by atoms with Gasteiger partial charge in [-0.2, -0.15) is 0 Å². The van der Waals surface area contributed by atoms with E-state index in [9.17, 15) is 8.42 Å². The molecule has 0 unspecified atom stereocenters. The highest BCUT2D eigenvalue weighted by molar-refractivity contribution is 7.73. The zero-order valence-corrected chi connectivity index (χ0v) is 5.96. The van der Waals surface area contributed by atoms with E-state index in [2.05, 4.69) is 14.6 Å². The van der Waals surface area contributed by atoms with Gasteiger partial charge in [-0.25, -0.2) is 13.1 Å². The van der Waals surface area contributed by atoms with Crippen molar-refractivity contribution < 1.29 is 12.8 Å². The predicted molar refractivity (Wildman–Crippen MR) is 33.0 cm³/mol. The summed E-state index contributed by atoms with van der Waals surface area (Å²) in [6.07, 6.45) is 0. The van der Waals surface area contributed by atoms with Crippen LogP contribution in [0.15, 0.2) is 4.42 Å². The van der Waals surface area contributed by atoms with Gasteiger partial charge in [0.1, 0.15) is 0 Å². The first-order chi connectivity index (χ1) is 4.68. The molecule has 0 saturated carbocycles. The normalized spacial score (nSPS) is 10.2. The van der Waals surface area contributed by atoms with Gasteiger partial charge in [-0.1, -0.05) is 5.10 Å². The van der Waals surface area contributed by atoms with Crippen LogP contribution in [0.1, 0.15) is 5.89 Å². The van der Waals surface area contributed by atoms with Gasteiger partial charge in [-0.3, -0.25) is 0 Å². The molecule has 1 rings (SSSR count). The number of anilines is 1. The molecule has 10 heavy (non-hydrogen) atoms. The van der Waals surface area contributed by atoms with Crippen LogP contribution in [0.4, 0.5) is 6.01 Å². The van der Waals surface area contributed by atoms with E-state index in [-0.39, 0.29) is 6.01 Å². The average Bonchev–Trinajstić information content (AvgIpc) is 2.13. The van der Waals surface area contributed by atoms with Crippen molar-refractivity contribution in [2.24, 2.45) is 0 Å². The van der Waals surface area contributed by atoms with Gasteiger partial charge in [0.15, 0.2) is 0 Å². The highest BCUT2D eigenvalue weighted by atomic mass is 32.2. The number of rotatable bonds is 2. The Balaban J connectivity index is 2.76. The molecule has 1 N–H and O–H groups in total. The van der Waals surface area contributed by atoms with Crippen molar-refractivity contribution >= 4 is 16.9 Å².